The van der Waals surface area contributed by atoms with Crippen molar-refractivity contribution in [2.75, 3.05) is 26.3 Å². The number of carbonyl (C=O) groups excluding carboxylic acids is 2. The highest BCUT2D eigenvalue weighted by Gasteiger charge is 2.50. The Morgan fingerprint density at radius 1 is 1.00 bits per heavy atom. The molecule has 1 N–H and O–H groups in total. The molecule has 2 aliphatic heterocycles. The summed E-state index contributed by atoms with van der Waals surface area (Å²) < 4.78 is 12.0. The molecule has 192 valence electrons. The van der Waals surface area contributed by atoms with Crippen LogP contribution < -0.4 is 5.32 Å². The molecule has 1 unspecified atom stereocenters. The first-order valence-corrected chi connectivity index (χ1v) is 13.3. The van der Waals surface area contributed by atoms with E-state index in [4.69, 9.17) is 21.1 Å². The highest BCUT2D eigenvalue weighted by Crippen LogP contribution is 2.44. The van der Waals surface area contributed by atoms with Crippen molar-refractivity contribution in [2.45, 2.75) is 57.3 Å². The van der Waals surface area contributed by atoms with Crippen molar-refractivity contribution in [1.82, 2.24) is 10.2 Å². The molecule has 2 aromatic rings. The third-order valence-electron chi connectivity index (χ3n) is 8.15. The predicted molar refractivity (Wildman–Crippen MR) is 139 cm³/mol. The molecular weight excluding hydrogens is 476 g/mol. The molecule has 3 aliphatic rings. The summed E-state index contributed by atoms with van der Waals surface area (Å²) in [5, 5.41) is 3.89. The molecule has 1 saturated carbocycles. The van der Waals surface area contributed by atoms with Crippen LogP contribution in [0, 0.1) is 11.3 Å². The number of halogens is 1. The van der Waals surface area contributed by atoms with E-state index in [1.165, 1.54) is 5.56 Å². The zero-order valence-corrected chi connectivity index (χ0v) is 21.8. The number of hydrogen-bond acceptors (Lipinski definition) is 4. The molecule has 2 saturated heterocycles. The molecule has 1 spiro atoms. The fraction of sp³-hybridized carbons (Fsp3) is 0.517. The Morgan fingerprint density at radius 3 is 2.36 bits per heavy atom. The maximum Gasteiger partial charge on any atom is 0.251 e. The molecular formula is C29H35ClN2O4. The van der Waals surface area contributed by atoms with Crippen LogP contribution in [-0.4, -0.2) is 54.8 Å². The third-order valence-corrected chi connectivity index (χ3v) is 8.40. The van der Waals surface area contributed by atoms with Crippen molar-refractivity contribution in [1.29, 1.82) is 0 Å². The Labute approximate surface area is 218 Å². The summed E-state index contributed by atoms with van der Waals surface area (Å²) >= 11 is 6.11. The van der Waals surface area contributed by atoms with Crippen molar-refractivity contribution in [3.05, 3.63) is 70.7 Å². The van der Waals surface area contributed by atoms with Gasteiger partial charge in [-0.3, -0.25) is 9.59 Å². The van der Waals surface area contributed by atoms with Gasteiger partial charge in [-0.2, -0.15) is 0 Å². The van der Waals surface area contributed by atoms with E-state index in [9.17, 15) is 9.59 Å². The van der Waals surface area contributed by atoms with Crippen molar-refractivity contribution in [3.63, 3.8) is 0 Å². The van der Waals surface area contributed by atoms with Gasteiger partial charge in [0.15, 0.2) is 5.79 Å². The van der Waals surface area contributed by atoms with Gasteiger partial charge in [-0.25, -0.2) is 0 Å². The molecule has 0 bridgehead atoms. The minimum absolute atomic E-state index is 0.0779. The van der Waals surface area contributed by atoms with E-state index in [1.807, 2.05) is 35.2 Å². The number of nitrogens with zero attached hydrogens (tertiary/aromatic N) is 1. The largest absolute Gasteiger partial charge is 0.348 e. The number of likely N-dealkylation sites (tertiary alicyclic amines) is 1. The third kappa shape index (κ3) is 5.17. The molecule has 3 atom stereocenters. The summed E-state index contributed by atoms with van der Waals surface area (Å²) in [6.45, 7) is 6.88. The van der Waals surface area contributed by atoms with Gasteiger partial charge in [0.1, 0.15) is 0 Å². The monoisotopic (exact) mass is 510 g/mol. The fourth-order valence-electron chi connectivity index (χ4n) is 6.28. The molecule has 7 heteroatoms. The zero-order valence-electron chi connectivity index (χ0n) is 21.0. The normalized spacial score (nSPS) is 27.1. The first-order chi connectivity index (χ1) is 17.3. The average Bonchev–Trinajstić information content (AvgIpc) is 3.33. The number of carbonyl (C=O) groups is 2. The van der Waals surface area contributed by atoms with Gasteiger partial charge in [-0.15, -0.1) is 0 Å². The topological polar surface area (TPSA) is 67.9 Å². The zero-order chi connectivity index (χ0) is 25.3. The second kappa shape index (κ2) is 10.2. The molecule has 3 fully saturated rings. The van der Waals surface area contributed by atoms with E-state index in [-0.39, 0.29) is 23.3 Å². The maximum atomic E-state index is 14.0. The fourth-order valence-corrected chi connectivity index (χ4v) is 6.41. The van der Waals surface area contributed by atoms with Gasteiger partial charge in [-0.05, 0) is 54.0 Å². The van der Waals surface area contributed by atoms with E-state index in [0.717, 1.165) is 11.4 Å². The van der Waals surface area contributed by atoms with Crippen LogP contribution in [0.5, 0.6) is 0 Å². The van der Waals surface area contributed by atoms with E-state index in [0.29, 0.717) is 57.0 Å². The Hall–Kier alpha value is -2.41. The van der Waals surface area contributed by atoms with Gasteiger partial charge < -0.3 is 19.7 Å². The molecule has 2 aromatic carbocycles. The summed E-state index contributed by atoms with van der Waals surface area (Å²) in [4.78, 5) is 29.0. The summed E-state index contributed by atoms with van der Waals surface area (Å²) in [5.74, 6) is -0.844. The van der Waals surface area contributed by atoms with Crippen LogP contribution >= 0.6 is 11.6 Å². The van der Waals surface area contributed by atoms with Crippen molar-refractivity contribution in [3.8, 4) is 0 Å². The Kier molecular flexibility index (Phi) is 7.12. The van der Waals surface area contributed by atoms with Crippen LogP contribution in [0.3, 0.4) is 0 Å². The van der Waals surface area contributed by atoms with Gasteiger partial charge in [0.05, 0.1) is 19.1 Å². The van der Waals surface area contributed by atoms with Crippen molar-refractivity contribution in [2.24, 2.45) is 11.3 Å². The molecule has 6 nitrogen and oxygen atoms in total. The van der Waals surface area contributed by atoms with Crippen LogP contribution in [0.2, 0.25) is 5.02 Å². The lowest BCUT2D eigenvalue weighted by Crippen LogP contribution is -2.57. The van der Waals surface area contributed by atoms with Crippen molar-refractivity contribution >= 4 is 23.4 Å². The van der Waals surface area contributed by atoms with E-state index < -0.39 is 11.7 Å². The molecule has 5 rings (SSSR count). The first-order valence-electron chi connectivity index (χ1n) is 12.9. The van der Waals surface area contributed by atoms with Crippen LogP contribution in [0.1, 0.15) is 61.4 Å². The number of benzene rings is 2. The highest BCUT2D eigenvalue weighted by atomic mass is 35.5. The van der Waals surface area contributed by atoms with Crippen LogP contribution in [0.4, 0.5) is 0 Å². The number of amides is 2. The number of nitrogens with one attached hydrogen (secondary N) is 1. The van der Waals surface area contributed by atoms with Gasteiger partial charge in [0.2, 0.25) is 5.91 Å². The molecule has 1 aliphatic carbocycles. The maximum absolute atomic E-state index is 14.0. The minimum atomic E-state index is -0.717. The Morgan fingerprint density at radius 2 is 1.69 bits per heavy atom. The number of hydrogen-bond donors (Lipinski definition) is 1. The number of ether oxygens (including phenoxy) is 2. The molecule has 0 radical (unpaired) electrons. The van der Waals surface area contributed by atoms with Crippen LogP contribution in [0.25, 0.3) is 0 Å². The average molecular weight is 511 g/mol. The van der Waals surface area contributed by atoms with Gasteiger partial charge in [-0.1, -0.05) is 55.8 Å². The first kappa shape index (κ1) is 25.2. The predicted octanol–water partition coefficient (Wildman–Crippen LogP) is 5.02. The highest BCUT2D eigenvalue weighted by molar-refractivity contribution is 6.30. The molecule has 36 heavy (non-hydrogen) atoms. The lowest BCUT2D eigenvalue weighted by molar-refractivity contribution is -0.195. The summed E-state index contributed by atoms with van der Waals surface area (Å²) in [6, 6.07) is 17.0. The summed E-state index contributed by atoms with van der Waals surface area (Å²) in [5.41, 5.74) is 1.76. The Balaban J connectivity index is 1.33. The molecule has 2 amide bonds. The second-order valence-corrected chi connectivity index (χ2v) is 11.5. The van der Waals surface area contributed by atoms with E-state index in [1.54, 1.807) is 12.1 Å². The summed E-state index contributed by atoms with van der Waals surface area (Å²) in [6.07, 6.45) is 2.65. The SMILES string of the molecule is CC1(C)CN(C(=O)[C@H]2CC3(CC[C@H]2NC(=O)c2ccccc2)OCCO3)CCC1c1ccc(Cl)cc1. The smallest absolute Gasteiger partial charge is 0.251 e. The van der Waals surface area contributed by atoms with Crippen LogP contribution in [-0.2, 0) is 14.3 Å². The standard InChI is InChI=1S/C29H35ClN2O4/c1-28(2)19-32(15-13-24(28)20-8-10-22(30)11-9-20)27(34)23-18-29(35-16-17-36-29)14-12-25(23)31-26(33)21-6-4-3-5-7-21/h3-11,23-25H,12-19H2,1-2H3,(H,31,33)/t23-,24?,25+/m0/s1. The molecule has 2 heterocycles. The lowest BCUT2D eigenvalue weighted by Gasteiger charge is -2.47. The minimum Gasteiger partial charge on any atom is -0.348 e. The summed E-state index contributed by atoms with van der Waals surface area (Å²) in [7, 11) is 0. The van der Waals surface area contributed by atoms with Gasteiger partial charge in [0, 0.05) is 42.6 Å². The number of piperidine rings is 1. The quantitative estimate of drug-likeness (QED) is 0.627. The van der Waals surface area contributed by atoms with Gasteiger partial charge in [0.25, 0.3) is 5.91 Å². The number of rotatable bonds is 4. The van der Waals surface area contributed by atoms with Gasteiger partial charge >= 0.3 is 0 Å². The van der Waals surface area contributed by atoms with Crippen LogP contribution in [0.15, 0.2) is 54.6 Å². The Bertz CT molecular complexity index is 1080. The van der Waals surface area contributed by atoms with E-state index >= 15 is 0 Å². The molecule has 0 aromatic heterocycles. The second-order valence-electron chi connectivity index (χ2n) is 11.0. The van der Waals surface area contributed by atoms with Crippen molar-refractivity contribution < 1.29 is 19.1 Å². The van der Waals surface area contributed by atoms with E-state index in [2.05, 4.69) is 31.3 Å². The lowest BCUT2D eigenvalue weighted by atomic mass is 9.70.